The van der Waals surface area contributed by atoms with Gasteiger partial charge in [-0.2, -0.15) is 0 Å². The quantitative estimate of drug-likeness (QED) is 0.587. The van der Waals surface area contributed by atoms with Crippen LogP contribution >= 0.6 is 0 Å². The highest BCUT2D eigenvalue weighted by atomic mass is 16.6. The number of nitrogens with one attached hydrogen (secondary N) is 2. The van der Waals surface area contributed by atoms with E-state index in [0.717, 1.165) is 5.56 Å². The van der Waals surface area contributed by atoms with E-state index in [1.54, 1.807) is 25.7 Å². The number of ether oxygens (including phenoxy) is 1. The second kappa shape index (κ2) is 11.0. The highest BCUT2D eigenvalue weighted by Gasteiger charge is 2.33. The number of rotatable bonds is 7. The summed E-state index contributed by atoms with van der Waals surface area (Å²) in [6.07, 6.45) is 0.502. The van der Waals surface area contributed by atoms with Gasteiger partial charge in [-0.1, -0.05) is 30.3 Å². The first-order valence-electron chi connectivity index (χ1n) is 10.8. The number of aliphatic carboxylic acids is 1. The molecule has 0 aliphatic carbocycles. The smallest absolute Gasteiger partial charge is 0.408 e. The number of carbonyl (C=O) groups is 4. The summed E-state index contributed by atoms with van der Waals surface area (Å²) in [5.74, 6) is -2.01. The first-order valence-corrected chi connectivity index (χ1v) is 10.8. The summed E-state index contributed by atoms with van der Waals surface area (Å²) in [4.78, 5) is 50.4. The van der Waals surface area contributed by atoms with Crippen LogP contribution in [0.4, 0.5) is 4.79 Å². The lowest BCUT2D eigenvalue weighted by atomic mass is 9.94. The largest absolute Gasteiger partial charge is 0.480 e. The van der Waals surface area contributed by atoms with Gasteiger partial charge in [0.25, 0.3) is 0 Å². The number of carboxylic acids is 1. The number of piperidine rings is 1. The van der Waals surface area contributed by atoms with Gasteiger partial charge in [0, 0.05) is 25.4 Å². The summed E-state index contributed by atoms with van der Waals surface area (Å²) in [6.45, 7) is 7.36. The fourth-order valence-corrected chi connectivity index (χ4v) is 3.48. The molecule has 32 heavy (non-hydrogen) atoms. The van der Waals surface area contributed by atoms with Gasteiger partial charge in [-0.15, -0.1) is 0 Å². The lowest BCUT2D eigenvalue weighted by Crippen LogP contribution is -2.53. The average molecular weight is 448 g/mol. The number of hydrogen-bond donors (Lipinski definition) is 3. The molecule has 1 aliphatic rings. The van der Waals surface area contributed by atoms with E-state index in [-0.39, 0.29) is 17.7 Å². The van der Waals surface area contributed by atoms with Gasteiger partial charge in [0.2, 0.25) is 11.8 Å². The highest BCUT2D eigenvalue weighted by Crippen LogP contribution is 2.19. The van der Waals surface area contributed by atoms with E-state index >= 15 is 0 Å². The number of benzene rings is 1. The molecule has 1 saturated heterocycles. The van der Waals surface area contributed by atoms with Crippen LogP contribution in [0.5, 0.6) is 0 Å². The van der Waals surface area contributed by atoms with Crippen molar-refractivity contribution in [3.63, 3.8) is 0 Å². The van der Waals surface area contributed by atoms with E-state index in [4.69, 9.17) is 9.84 Å². The number of amides is 3. The number of carbonyl (C=O) groups excluding carboxylic acids is 3. The van der Waals surface area contributed by atoms with Crippen LogP contribution in [0.15, 0.2) is 30.3 Å². The Kier molecular flexibility index (Phi) is 8.63. The van der Waals surface area contributed by atoms with Crippen LogP contribution in [0, 0.1) is 5.92 Å². The molecule has 0 spiro atoms. The van der Waals surface area contributed by atoms with Crippen molar-refractivity contribution in [3.05, 3.63) is 35.9 Å². The standard InChI is InChI=1S/C23H33N3O6/c1-15(21(29)30)24-19(27)17-10-12-26(13-11-17)20(28)18(14-16-8-6-5-7-9-16)25-22(31)32-23(2,3)4/h5-9,15,17-18H,10-14H2,1-4H3,(H,24,27)(H,25,31)(H,29,30)/t15-,18+/m0/s1. The van der Waals surface area contributed by atoms with Crippen molar-refractivity contribution in [3.8, 4) is 0 Å². The molecule has 1 aromatic carbocycles. The van der Waals surface area contributed by atoms with E-state index in [9.17, 15) is 19.2 Å². The lowest BCUT2D eigenvalue weighted by molar-refractivity contribution is -0.142. The van der Waals surface area contributed by atoms with E-state index in [0.29, 0.717) is 32.4 Å². The molecule has 0 saturated carbocycles. The van der Waals surface area contributed by atoms with Crippen molar-refractivity contribution in [2.75, 3.05) is 13.1 Å². The summed E-state index contributed by atoms with van der Waals surface area (Å²) >= 11 is 0. The second-order valence-electron chi connectivity index (χ2n) is 9.06. The third-order valence-electron chi connectivity index (χ3n) is 5.18. The minimum absolute atomic E-state index is 0.238. The maximum atomic E-state index is 13.2. The molecule has 1 aromatic rings. The fraction of sp³-hybridized carbons (Fsp3) is 0.565. The molecule has 9 heteroatoms. The zero-order valence-corrected chi connectivity index (χ0v) is 19.1. The van der Waals surface area contributed by atoms with Gasteiger partial charge in [-0.05, 0) is 46.1 Å². The zero-order valence-electron chi connectivity index (χ0n) is 19.1. The van der Waals surface area contributed by atoms with Gasteiger partial charge in [0.05, 0.1) is 0 Å². The van der Waals surface area contributed by atoms with Crippen LogP contribution in [0.2, 0.25) is 0 Å². The van der Waals surface area contributed by atoms with Crippen LogP contribution < -0.4 is 10.6 Å². The van der Waals surface area contributed by atoms with Gasteiger partial charge in [0.15, 0.2) is 0 Å². The summed E-state index contributed by atoms with van der Waals surface area (Å²) in [6, 6.07) is 7.62. The Morgan fingerprint density at radius 3 is 2.22 bits per heavy atom. The van der Waals surface area contributed by atoms with Crippen LogP contribution in [0.25, 0.3) is 0 Å². The zero-order chi connectivity index (χ0) is 23.9. The predicted molar refractivity (Wildman–Crippen MR) is 118 cm³/mol. The van der Waals surface area contributed by atoms with Crippen LogP contribution in [-0.4, -0.2) is 64.7 Å². The maximum absolute atomic E-state index is 13.2. The second-order valence-corrected chi connectivity index (χ2v) is 9.06. The van der Waals surface area contributed by atoms with Crippen LogP contribution in [-0.2, 0) is 25.5 Å². The van der Waals surface area contributed by atoms with Crippen molar-refractivity contribution < 1.29 is 29.0 Å². The Labute approximate surface area is 188 Å². The highest BCUT2D eigenvalue weighted by molar-refractivity contribution is 5.87. The van der Waals surface area contributed by atoms with Gasteiger partial charge >= 0.3 is 12.1 Å². The molecular weight excluding hydrogens is 414 g/mol. The molecule has 1 fully saturated rings. The molecule has 3 N–H and O–H groups in total. The number of hydrogen-bond acceptors (Lipinski definition) is 5. The Balaban J connectivity index is 2.02. The van der Waals surface area contributed by atoms with E-state index < -0.39 is 29.7 Å². The average Bonchev–Trinajstić information content (AvgIpc) is 2.72. The Morgan fingerprint density at radius 2 is 1.69 bits per heavy atom. The van der Waals surface area contributed by atoms with E-state index in [1.807, 2.05) is 30.3 Å². The summed E-state index contributed by atoms with van der Waals surface area (Å²) in [5.41, 5.74) is 0.210. The first kappa shape index (κ1) is 25.2. The third kappa shape index (κ3) is 7.86. The molecule has 1 heterocycles. The Morgan fingerprint density at radius 1 is 1.09 bits per heavy atom. The fourth-order valence-electron chi connectivity index (χ4n) is 3.48. The number of carboxylic acid groups (broad SMARTS) is 1. The van der Waals surface area contributed by atoms with Crippen LogP contribution in [0.1, 0.15) is 46.1 Å². The van der Waals surface area contributed by atoms with Crippen LogP contribution in [0.3, 0.4) is 0 Å². The molecule has 176 valence electrons. The molecule has 9 nitrogen and oxygen atoms in total. The van der Waals surface area contributed by atoms with Gasteiger partial charge in [-0.25, -0.2) is 4.79 Å². The van der Waals surface area contributed by atoms with Gasteiger partial charge in [-0.3, -0.25) is 14.4 Å². The van der Waals surface area contributed by atoms with E-state index in [2.05, 4.69) is 10.6 Å². The first-order chi connectivity index (χ1) is 15.0. The molecule has 0 bridgehead atoms. The van der Waals surface area contributed by atoms with E-state index in [1.165, 1.54) is 6.92 Å². The minimum Gasteiger partial charge on any atom is -0.480 e. The summed E-state index contributed by atoms with van der Waals surface area (Å²) in [7, 11) is 0. The van der Waals surface area contributed by atoms with Crippen molar-refractivity contribution >= 4 is 23.9 Å². The molecular formula is C23H33N3O6. The van der Waals surface area contributed by atoms with Gasteiger partial charge in [0.1, 0.15) is 17.7 Å². The predicted octanol–water partition coefficient (Wildman–Crippen LogP) is 1.95. The van der Waals surface area contributed by atoms with Crippen molar-refractivity contribution in [1.82, 2.24) is 15.5 Å². The molecule has 0 unspecified atom stereocenters. The topological polar surface area (TPSA) is 125 Å². The van der Waals surface area contributed by atoms with Crippen molar-refractivity contribution in [2.45, 2.75) is 64.6 Å². The SMILES string of the molecule is C[C@H](NC(=O)C1CCN(C(=O)[C@@H](Cc2ccccc2)NC(=O)OC(C)(C)C)CC1)C(=O)O. The molecule has 0 aromatic heterocycles. The summed E-state index contributed by atoms with van der Waals surface area (Å²) in [5, 5.41) is 14.1. The van der Waals surface area contributed by atoms with Crippen molar-refractivity contribution in [2.24, 2.45) is 5.92 Å². The molecule has 1 aliphatic heterocycles. The monoisotopic (exact) mass is 447 g/mol. The normalized spacial score (nSPS) is 16.6. The maximum Gasteiger partial charge on any atom is 0.408 e. The minimum atomic E-state index is -1.09. The Hall–Kier alpha value is -3.10. The molecule has 3 amide bonds. The molecule has 0 radical (unpaired) electrons. The molecule has 2 atom stereocenters. The Bertz CT molecular complexity index is 813. The number of nitrogens with zero attached hydrogens (tertiary/aromatic N) is 1. The third-order valence-corrected chi connectivity index (χ3v) is 5.18. The summed E-state index contributed by atoms with van der Waals surface area (Å²) < 4.78 is 5.33. The van der Waals surface area contributed by atoms with Gasteiger partial charge < -0.3 is 25.4 Å². The molecule has 2 rings (SSSR count). The van der Waals surface area contributed by atoms with Crippen molar-refractivity contribution in [1.29, 1.82) is 0 Å². The number of likely N-dealkylation sites (tertiary alicyclic amines) is 1. The number of alkyl carbamates (subject to hydrolysis) is 1. The lowest BCUT2D eigenvalue weighted by Gasteiger charge is -2.34.